The van der Waals surface area contributed by atoms with Crippen molar-refractivity contribution in [3.05, 3.63) is 53.6 Å². The summed E-state index contributed by atoms with van der Waals surface area (Å²) in [6, 6.07) is 14.6. The predicted octanol–water partition coefficient (Wildman–Crippen LogP) is 3.47. The molecule has 0 radical (unpaired) electrons. The molecule has 0 unspecified atom stereocenters. The van der Waals surface area contributed by atoms with Crippen molar-refractivity contribution < 1.29 is 14.6 Å². The zero-order chi connectivity index (χ0) is 13.0. The lowest BCUT2D eigenvalue weighted by Gasteiger charge is -2.10. The number of carboxylic acid groups (broad SMARTS) is 1. The lowest BCUT2D eigenvalue weighted by atomic mass is 10.0. The first-order valence-electron chi connectivity index (χ1n) is 5.36. The number of benzene rings is 2. The van der Waals surface area contributed by atoms with Gasteiger partial charge in [-0.15, -0.1) is 0 Å². The summed E-state index contributed by atoms with van der Waals surface area (Å²) in [5.41, 5.74) is 1.71. The molecule has 0 fully saturated rings. The molecule has 92 valence electrons. The Hall–Kier alpha value is -2.00. The van der Waals surface area contributed by atoms with Gasteiger partial charge in [-0.2, -0.15) is 0 Å². The van der Waals surface area contributed by atoms with E-state index in [1.807, 2.05) is 30.3 Å². The third-order valence-electron chi connectivity index (χ3n) is 2.38. The molecule has 0 heterocycles. The molecule has 0 spiro atoms. The SMILES string of the molecule is O=C(O)COc1ccc(Cl)cc1-c1ccccc1. The molecule has 0 aliphatic carbocycles. The van der Waals surface area contributed by atoms with Gasteiger partial charge in [-0.25, -0.2) is 4.79 Å². The second-order valence-corrected chi connectivity index (χ2v) is 4.13. The van der Waals surface area contributed by atoms with Gasteiger partial charge in [0.25, 0.3) is 0 Å². The summed E-state index contributed by atoms with van der Waals surface area (Å²) in [7, 11) is 0. The fraction of sp³-hybridized carbons (Fsp3) is 0.0714. The highest BCUT2D eigenvalue weighted by Crippen LogP contribution is 2.32. The minimum Gasteiger partial charge on any atom is -0.481 e. The van der Waals surface area contributed by atoms with Gasteiger partial charge in [-0.05, 0) is 23.8 Å². The van der Waals surface area contributed by atoms with Crippen molar-refractivity contribution in [1.82, 2.24) is 0 Å². The fourth-order valence-corrected chi connectivity index (χ4v) is 1.78. The lowest BCUT2D eigenvalue weighted by Crippen LogP contribution is -2.09. The molecule has 0 bridgehead atoms. The molecule has 0 aromatic heterocycles. The minimum absolute atomic E-state index is 0.374. The zero-order valence-corrected chi connectivity index (χ0v) is 10.2. The van der Waals surface area contributed by atoms with Gasteiger partial charge in [-0.3, -0.25) is 0 Å². The van der Waals surface area contributed by atoms with Crippen LogP contribution in [-0.2, 0) is 4.79 Å². The summed E-state index contributed by atoms with van der Waals surface area (Å²) < 4.78 is 5.25. The number of ether oxygens (including phenoxy) is 1. The number of hydrogen-bond acceptors (Lipinski definition) is 2. The van der Waals surface area contributed by atoms with Crippen molar-refractivity contribution in [2.24, 2.45) is 0 Å². The van der Waals surface area contributed by atoms with E-state index in [9.17, 15) is 4.79 Å². The van der Waals surface area contributed by atoms with Crippen LogP contribution in [0.4, 0.5) is 0 Å². The van der Waals surface area contributed by atoms with Gasteiger partial charge in [0.2, 0.25) is 0 Å². The van der Waals surface area contributed by atoms with Gasteiger partial charge in [0, 0.05) is 10.6 Å². The smallest absolute Gasteiger partial charge is 0.341 e. The summed E-state index contributed by atoms with van der Waals surface area (Å²) in [5, 5.41) is 9.22. The summed E-state index contributed by atoms with van der Waals surface area (Å²) in [6.07, 6.45) is 0. The Morgan fingerprint density at radius 3 is 2.56 bits per heavy atom. The van der Waals surface area contributed by atoms with E-state index in [0.29, 0.717) is 10.8 Å². The first-order chi connectivity index (χ1) is 8.66. The Kier molecular flexibility index (Phi) is 3.85. The van der Waals surface area contributed by atoms with Crippen LogP contribution < -0.4 is 4.74 Å². The molecule has 0 saturated heterocycles. The first-order valence-corrected chi connectivity index (χ1v) is 5.74. The van der Waals surface area contributed by atoms with E-state index in [2.05, 4.69) is 0 Å². The van der Waals surface area contributed by atoms with Crippen molar-refractivity contribution in [2.45, 2.75) is 0 Å². The van der Waals surface area contributed by atoms with Gasteiger partial charge in [0.05, 0.1) is 0 Å². The van der Waals surface area contributed by atoms with Crippen LogP contribution in [0.25, 0.3) is 11.1 Å². The molecule has 0 atom stereocenters. The molecule has 1 N–H and O–H groups in total. The normalized spacial score (nSPS) is 10.1. The first kappa shape index (κ1) is 12.5. The third-order valence-corrected chi connectivity index (χ3v) is 2.61. The van der Waals surface area contributed by atoms with Gasteiger partial charge >= 0.3 is 5.97 Å². The molecular formula is C14H11ClO3. The number of halogens is 1. The van der Waals surface area contributed by atoms with Crippen molar-refractivity contribution in [1.29, 1.82) is 0 Å². The third kappa shape index (κ3) is 3.02. The molecule has 0 amide bonds. The molecular weight excluding hydrogens is 252 g/mol. The molecule has 2 aromatic rings. The molecule has 2 aromatic carbocycles. The molecule has 2 rings (SSSR count). The number of rotatable bonds is 4. The van der Waals surface area contributed by atoms with Crippen molar-refractivity contribution in [2.75, 3.05) is 6.61 Å². The van der Waals surface area contributed by atoms with E-state index >= 15 is 0 Å². The highest BCUT2D eigenvalue weighted by Gasteiger charge is 2.08. The van der Waals surface area contributed by atoms with E-state index in [-0.39, 0.29) is 6.61 Å². The van der Waals surface area contributed by atoms with Crippen LogP contribution in [0, 0.1) is 0 Å². The maximum absolute atomic E-state index is 10.5. The maximum atomic E-state index is 10.5. The van der Waals surface area contributed by atoms with Gasteiger partial charge < -0.3 is 9.84 Å². The highest BCUT2D eigenvalue weighted by atomic mass is 35.5. The minimum atomic E-state index is -1.01. The van der Waals surface area contributed by atoms with Gasteiger partial charge in [0.15, 0.2) is 6.61 Å². The number of carbonyl (C=O) groups is 1. The van der Waals surface area contributed by atoms with Crippen molar-refractivity contribution in [3.8, 4) is 16.9 Å². The van der Waals surface area contributed by atoms with Gasteiger partial charge in [0.1, 0.15) is 5.75 Å². The van der Waals surface area contributed by atoms with E-state index in [1.54, 1.807) is 18.2 Å². The Labute approximate surface area is 110 Å². The fourth-order valence-electron chi connectivity index (χ4n) is 1.61. The van der Waals surface area contributed by atoms with Crippen LogP contribution in [0.1, 0.15) is 0 Å². The number of hydrogen-bond donors (Lipinski definition) is 1. The van der Waals surface area contributed by atoms with Crippen LogP contribution in [0.2, 0.25) is 5.02 Å². The van der Waals surface area contributed by atoms with E-state index in [0.717, 1.165) is 11.1 Å². The van der Waals surface area contributed by atoms with Crippen LogP contribution in [-0.4, -0.2) is 17.7 Å². The number of carboxylic acids is 1. The van der Waals surface area contributed by atoms with Crippen molar-refractivity contribution in [3.63, 3.8) is 0 Å². The summed E-state index contributed by atoms with van der Waals surface area (Å²) in [6.45, 7) is -0.374. The summed E-state index contributed by atoms with van der Waals surface area (Å²) in [4.78, 5) is 10.5. The zero-order valence-electron chi connectivity index (χ0n) is 9.47. The molecule has 0 aliphatic rings. The standard InChI is InChI=1S/C14H11ClO3/c15-11-6-7-13(18-9-14(16)17)12(8-11)10-4-2-1-3-5-10/h1-8H,9H2,(H,16,17). The van der Waals surface area contributed by atoms with Gasteiger partial charge in [-0.1, -0.05) is 41.9 Å². The second-order valence-electron chi connectivity index (χ2n) is 3.69. The Bertz CT molecular complexity index is 552. The molecule has 0 saturated carbocycles. The van der Waals surface area contributed by atoms with Crippen LogP contribution >= 0.6 is 11.6 Å². The Morgan fingerprint density at radius 1 is 1.17 bits per heavy atom. The van der Waals surface area contributed by atoms with E-state index in [4.69, 9.17) is 21.4 Å². The predicted molar refractivity (Wildman–Crippen MR) is 70.0 cm³/mol. The average molecular weight is 263 g/mol. The number of aliphatic carboxylic acids is 1. The Morgan fingerprint density at radius 2 is 1.89 bits per heavy atom. The Balaban J connectivity index is 2.38. The van der Waals surface area contributed by atoms with E-state index in [1.165, 1.54) is 0 Å². The topological polar surface area (TPSA) is 46.5 Å². The largest absolute Gasteiger partial charge is 0.481 e. The molecule has 18 heavy (non-hydrogen) atoms. The van der Waals surface area contributed by atoms with Crippen LogP contribution in [0.15, 0.2) is 48.5 Å². The highest BCUT2D eigenvalue weighted by molar-refractivity contribution is 6.31. The molecule has 4 heteroatoms. The van der Waals surface area contributed by atoms with Crippen LogP contribution in [0.3, 0.4) is 0 Å². The second kappa shape index (κ2) is 5.56. The summed E-state index contributed by atoms with van der Waals surface area (Å²) >= 11 is 5.96. The van der Waals surface area contributed by atoms with E-state index < -0.39 is 5.97 Å². The average Bonchev–Trinajstić information content (AvgIpc) is 2.38. The van der Waals surface area contributed by atoms with Crippen LogP contribution in [0.5, 0.6) is 5.75 Å². The maximum Gasteiger partial charge on any atom is 0.341 e. The van der Waals surface area contributed by atoms with Crippen molar-refractivity contribution >= 4 is 17.6 Å². The molecule has 0 aliphatic heterocycles. The lowest BCUT2D eigenvalue weighted by molar-refractivity contribution is -0.139. The quantitative estimate of drug-likeness (QED) is 0.918. The monoisotopic (exact) mass is 262 g/mol. The molecule has 3 nitrogen and oxygen atoms in total. The summed E-state index contributed by atoms with van der Waals surface area (Å²) in [5.74, 6) is -0.503.